The number of aromatic nitrogens is 3. The summed E-state index contributed by atoms with van der Waals surface area (Å²) in [6.07, 6.45) is 4.53. The Kier molecular flexibility index (Phi) is 8.78. The lowest BCUT2D eigenvalue weighted by molar-refractivity contribution is -0.0592. The summed E-state index contributed by atoms with van der Waals surface area (Å²) in [5.41, 5.74) is 3.04. The summed E-state index contributed by atoms with van der Waals surface area (Å²) in [6, 6.07) is 11.7. The molecular weight excluding hydrogens is 575 g/mol. The Hall–Kier alpha value is -3.73. The van der Waals surface area contributed by atoms with Gasteiger partial charge in [0.05, 0.1) is 36.9 Å². The van der Waals surface area contributed by atoms with Gasteiger partial charge in [-0.3, -0.25) is 4.90 Å². The van der Waals surface area contributed by atoms with Crippen LogP contribution in [0.15, 0.2) is 48.7 Å². The van der Waals surface area contributed by atoms with Crippen LogP contribution in [0.5, 0.6) is 11.6 Å². The highest BCUT2D eigenvalue weighted by Gasteiger charge is 2.28. The molecule has 2 aromatic heterocycles. The van der Waals surface area contributed by atoms with E-state index in [4.69, 9.17) is 30.8 Å². The summed E-state index contributed by atoms with van der Waals surface area (Å²) < 4.78 is 33.9. The highest BCUT2D eigenvalue weighted by molar-refractivity contribution is 6.30. The Labute approximate surface area is 254 Å². The van der Waals surface area contributed by atoms with Crippen molar-refractivity contribution in [3.63, 3.8) is 0 Å². The van der Waals surface area contributed by atoms with Gasteiger partial charge in [-0.05, 0) is 75.5 Å². The van der Waals surface area contributed by atoms with E-state index < -0.39 is 11.8 Å². The fraction of sp³-hybridized carbons (Fsp3) is 0.406. The summed E-state index contributed by atoms with van der Waals surface area (Å²) in [7, 11) is 0. The Morgan fingerprint density at radius 3 is 2.67 bits per heavy atom. The third-order valence-electron chi connectivity index (χ3n) is 8.20. The van der Waals surface area contributed by atoms with Crippen molar-refractivity contribution < 1.29 is 28.5 Å². The van der Waals surface area contributed by atoms with Crippen molar-refractivity contribution in [3.05, 3.63) is 82.0 Å². The maximum atomic E-state index is 14.3. The van der Waals surface area contributed by atoms with Gasteiger partial charge in [0.25, 0.3) is 0 Å². The molecule has 1 atom stereocenters. The van der Waals surface area contributed by atoms with Crippen LogP contribution in [0.1, 0.15) is 59.4 Å². The standard InChI is InChI=1S/C32H34ClFN4O5/c1-2-41-28-15-22(32(39)40)14-27-30(28)36-29(38(27)17-24-9-13-42-24)18-37-11-7-20(8-12-37)25-4-3-10-35-31(25)43-19-21-5-6-23(33)16-26(21)34/h3-6,10,14-16,20,24H,2,7-9,11-13,17-19H2,1H3,(H,39,40)/t24-/m0/s1. The van der Waals surface area contributed by atoms with E-state index in [1.807, 2.05) is 19.1 Å². The predicted molar refractivity (Wildman–Crippen MR) is 159 cm³/mol. The minimum atomic E-state index is -1.00. The number of fused-ring (bicyclic) bond motifs is 1. The lowest BCUT2D eigenvalue weighted by Gasteiger charge is -2.33. The van der Waals surface area contributed by atoms with Crippen LogP contribution in [0, 0.1) is 5.82 Å². The molecule has 0 radical (unpaired) electrons. The Balaban J connectivity index is 1.18. The molecule has 0 saturated carbocycles. The molecule has 0 amide bonds. The van der Waals surface area contributed by atoms with Crippen LogP contribution in [0.3, 0.4) is 0 Å². The molecule has 2 aliphatic rings. The number of halogens is 2. The molecule has 2 aromatic carbocycles. The van der Waals surface area contributed by atoms with Gasteiger partial charge in [-0.25, -0.2) is 19.2 Å². The smallest absolute Gasteiger partial charge is 0.335 e. The molecule has 226 valence electrons. The number of aromatic carboxylic acids is 1. The van der Waals surface area contributed by atoms with Crippen LogP contribution in [-0.4, -0.2) is 62.9 Å². The molecule has 0 aliphatic carbocycles. The van der Waals surface area contributed by atoms with E-state index in [9.17, 15) is 14.3 Å². The number of carboxylic acid groups (broad SMARTS) is 1. The Bertz CT molecular complexity index is 1620. The van der Waals surface area contributed by atoms with E-state index in [-0.39, 0.29) is 24.2 Å². The maximum Gasteiger partial charge on any atom is 0.335 e. The molecule has 2 saturated heterocycles. The second kappa shape index (κ2) is 12.9. The zero-order valence-electron chi connectivity index (χ0n) is 24.0. The van der Waals surface area contributed by atoms with E-state index in [0.29, 0.717) is 47.4 Å². The summed E-state index contributed by atoms with van der Waals surface area (Å²) in [6.45, 7) is 6.00. The molecule has 9 nitrogen and oxygen atoms in total. The fourth-order valence-electron chi connectivity index (χ4n) is 5.81. The van der Waals surface area contributed by atoms with Crippen molar-refractivity contribution in [2.45, 2.75) is 57.9 Å². The largest absolute Gasteiger partial charge is 0.492 e. The first kappa shape index (κ1) is 29.3. The molecule has 1 N–H and O–H groups in total. The molecule has 0 unspecified atom stereocenters. The van der Waals surface area contributed by atoms with E-state index in [2.05, 4.69) is 14.5 Å². The topological polar surface area (TPSA) is 98.9 Å². The van der Waals surface area contributed by atoms with Crippen molar-refractivity contribution >= 4 is 28.6 Å². The van der Waals surface area contributed by atoms with Crippen molar-refractivity contribution in [3.8, 4) is 11.6 Å². The van der Waals surface area contributed by atoms with Crippen LogP contribution >= 0.6 is 11.6 Å². The summed E-state index contributed by atoms with van der Waals surface area (Å²) in [5, 5.41) is 10.1. The van der Waals surface area contributed by atoms with Crippen molar-refractivity contribution in [2.75, 3.05) is 26.3 Å². The van der Waals surface area contributed by atoms with Gasteiger partial charge in [0, 0.05) is 29.0 Å². The number of ether oxygens (including phenoxy) is 3. The lowest BCUT2D eigenvalue weighted by atomic mass is 9.90. The van der Waals surface area contributed by atoms with E-state index in [0.717, 1.165) is 55.9 Å². The number of carbonyl (C=O) groups is 1. The van der Waals surface area contributed by atoms with Gasteiger partial charge in [-0.1, -0.05) is 23.7 Å². The first-order chi connectivity index (χ1) is 20.9. The van der Waals surface area contributed by atoms with Crippen LogP contribution in [0.2, 0.25) is 5.02 Å². The van der Waals surface area contributed by atoms with E-state index in [1.54, 1.807) is 30.5 Å². The number of nitrogens with zero attached hydrogens (tertiary/aromatic N) is 4. The second-order valence-corrected chi connectivity index (χ2v) is 11.4. The molecule has 0 bridgehead atoms. The lowest BCUT2D eigenvalue weighted by Crippen LogP contribution is -2.35. The minimum Gasteiger partial charge on any atom is -0.492 e. The molecular formula is C32H34ClFN4O5. The molecule has 2 fully saturated rings. The zero-order valence-corrected chi connectivity index (χ0v) is 24.7. The van der Waals surface area contributed by atoms with Crippen LogP contribution in [-0.2, 0) is 24.4 Å². The molecule has 2 aliphatic heterocycles. The van der Waals surface area contributed by atoms with E-state index in [1.165, 1.54) is 6.07 Å². The molecule has 43 heavy (non-hydrogen) atoms. The van der Waals surface area contributed by atoms with Crippen molar-refractivity contribution in [1.82, 2.24) is 19.4 Å². The minimum absolute atomic E-state index is 0.0696. The fourth-order valence-corrected chi connectivity index (χ4v) is 5.97. The molecule has 11 heteroatoms. The van der Waals surface area contributed by atoms with Crippen molar-refractivity contribution in [1.29, 1.82) is 0 Å². The van der Waals surface area contributed by atoms with Gasteiger partial charge in [-0.15, -0.1) is 0 Å². The number of pyridine rings is 1. The molecule has 4 heterocycles. The Morgan fingerprint density at radius 2 is 1.98 bits per heavy atom. The van der Waals surface area contributed by atoms with Gasteiger partial charge in [0.1, 0.15) is 29.5 Å². The molecule has 6 rings (SSSR count). The summed E-state index contributed by atoms with van der Waals surface area (Å²) in [4.78, 5) is 23.7. The molecule has 0 spiro atoms. The monoisotopic (exact) mass is 608 g/mol. The van der Waals surface area contributed by atoms with Crippen LogP contribution in [0.4, 0.5) is 4.39 Å². The van der Waals surface area contributed by atoms with Gasteiger partial charge in [-0.2, -0.15) is 0 Å². The first-order valence-corrected chi connectivity index (χ1v) is 15.0. The van der Waals surface area contributed by atoms with Gasteiger partial charge < -0.3 is 23.9 Å². The number of likely N-dealkylation sites (tertiary alicyclic amines) is 1. The Morgan fingerprint density at radius 1 is 1.16 bits per heavy atom. The van der Waals surface area contributed by atoms with Gasteiger partial charge in [0.2, 0.25) is 5.88 Å². The summed E-state index contributed by atoms with van der Waals surface area (Å²) >= 11 is 5.89. The van der Waals surface area contributed by atoms with Gasteiger partial charge in [0.15, 0.2) is 0 Å². The highest BCUT2D eigenvalue weighted by Crippen LogP contribution is 2.35. The number of benzene rings is 2. The highest BCUT2D eigenvalue weighted by atomic mass is 35.5. The number of rotatable bonds is 11. The second-order valence-electron chi connectivity index (χ2n) is 11.0. The molecule has 4 aromatic rings. The van der Waals surface area contributed by atoms with Crippen LogP contribution < -0.4 is 9.47 Å². The van der Waals surface area contributed by atoms with Crippen molar-refractivity contribution in [2.24, 2.45) is 0 Å². The number of hydrogen-bond acceptors (Lipinski definition) is 7. The van der Waals surface area contributed by atoms with Crippen LogP contribution in [0.25, 0.3) is 11.0 Å². The SMILES string of the molecule is CCOc1cc(C(=O)O)cc2c1nc(CN1CCC(c3cccnc3OCc3ccc(Cl)cc3F)CC1)n2C[C@@H]1CCO1. The number of carboxylic acids is 1. The maximum absolute atomic E-state index is 14.3. The summed E-state index contributed by atoms with van der Waals surface area (Å²) in [5.74, 6) is 0.711. The average molecular weight is 609 g/mol. The third-order valence-corrected chi connectivity index (χ3v) is 8.43. The number of piperidine rings is 1. The number of imidazole rings is 1. The normalized spacial score (nSPS) is 17.6. The van der Waals surface area contributed by atoms with E-state index >= 15 is 0 Å². The zero-order chi connectivity index (χ0) is 29.9. The first-order valence-electron chi connectivity index (χ1n) is 14.6. The third kappa shape index (κ3) is 6.46. The number of hydrogen-bond donors (Lipinski definition) is 1. The average Bonchev–Trinajstić information content (AvgIpc) is 3.32. The quantitative estimate of drug-likeness (QED) is 0.219. The predicted octanol–water partition coefficient (Wildman–Crippen LogP) is 6.07. The van der Waals surface area contributed by atoms with Gasteiger partial charge >= 0.3 is 5.97 Å².